The minimum atomic E-state index is 0.157. The molecule has 6 nitrogen and oxygen atoms in total. The maximum Gasteiger partial charge on any atom is 0.220 e. The zero-order valence-corrected chi connectivity index (χ0v) is 14.8. The van der Waals surface area contributed by atoms with Crippen molar-refractivity contribution in [2.75, 3.05) is 32.8 Å². The van der Waals surface area contributed by atoms with E-state index in [1.807, 2.05) is 6.92 Å². The molecule has 0 bridgehead atoms. The molecule has 6 heteroatoms. The van der Waals surface area contributed by atoms with Crippen LogP contribution in [0.3, 0.4) is 0 Å². The van der Waals surface area contributed by atoms with Gasteiger partial charge in [-0.15, -0.1) is 0 Å². The summed E-state index contributed by atoms with van der Waals surface area (Å²) in [5.74, 6) is 0.980. The smallest absolute Gasteiger partial charge is 0.220 e. The van der Waals surface area contributed by atoms with Gasteiger partial charge in [-0.1, -0.05) is 13.3 Å². The normalized spacial score (nSPS) is 14.6. The van der Waals surface area contributed by atoms with E-state index < -0.39 is 0 Å². The summed E-state index contributed by atoms with van der Waals surface area (Å²) >= 11 is 0. The molecule has 0 saturated heterocycles. The predicted octanol–water partition coefficient (Wildman–Crippen LogP) is 1.81. The number of rotatable bonds is 13. The van der Waals surface area contributed by atoms with Gasteiger partial charge in [-0.25, -0.2) is 0 Å². The van der Waals surface area contributed by atoms with Gasteiger partial charge in [0.1, 0.15) is 0 Å². The van der Waals surface area contributed by atoms with Crippen LogP contribution in [0.25, 0.3) is 0 Å². The lowest BCUT2D eigenvalue weighted by atomic mass is 10.3. The summed E-state index contributed by atoms with van der Waals surface area (Å²) in [5.41, 5.74) is 0. The standard InChI is InChI=1S/C17H34N4O2/c1-3-5-13-23-14-7-12-20-17(18-4-2)19-11-6-8-16(22)21-15-9-10-15/h15H,3-14H2,1-2H3,(H,21,22)(H2,18,19,20). The number of aliphatic imine (C=N–C) groups is 1. The molecule has 0 aromatic carbocycles. The number of carbonyl (C=O) groups is 1. The molecule has 0 unspecified atom stereocenters. The van der Waals surface area contributed by atoms with Gasteiger partial charge in [-0.05, 0) is 39.0 Å². The summed E-state index contributed by atoms with van der Waals surface area (Å²) in [6, 6.07) is 0.449. The molecule has 1 amide bonds. The Bertz CT molecular complexity index is 343. The predicted molar refractivity (Wildman–Crippen MR) is 94.7 cm³/mol. The second kappa shape index (κ2) is 13.2. The molecule has 134 valence electrons. The monoisotopic (exact) mass is 326 g/mol. The second-order valence-corrected chi connectivity index (χ2v) is 5.95. The molecule has 1 rings (SSSR count). The van der Waals surface area contributed by atoms with Crippen LogP contribution in [0.5, 0.6) is 0 Å². The third-order valence-electron chi connectivity index (χ3n) is 3.52. The van der Waals surface area contributed by atoms with Crippen LogP contribution in [-0.2, 0) is 9.53 Å². The molecule has 1 aliphatic rings. The number of amides is 1. The highest BCUT2D eigenvalue weighted by Crippen LogP contribution is 2.18. The van der Waals surface area contributed by atoms with Crippen molar-refractivity contribution in [2.24, 2.45) is 4.99 Å². The Morgan fingerprint density at radius 2 is 1.91 bits per heavy atom. The fraction of sp³-hybridized carbons (Fsp3) is 0.882. The minimum absolute atomic E-state index is 0.157. The second-order valence-electron chi connectivity index (χ2n) is 5.95. The van der Waals surface area contributed by atoms with Gasteiger partial charge in [0.2, 0.25) is 5.91 Å². The van der Waals surface area contributed by atoms with E-state index in [0.717, 1.165) is 64.4 Å². The number of hydrogen-bond donors (Lipinski definition) is 3. The molecular weight excluding hydrogens is 292 g/mol. The number of hydrogen-bond acceptors (Lipinski definition) is 3. The van der Waals surface area contributed by atoms with Crippen LogP contribution in [0.4, 0.5) is 0 Å². The summed E-state index contributed by atoms with van der Waals surface area (Å²) in [6.45, 7) is 8.21. The first-order valence-electron chi connectivity index (χ1n) is 9.15. The maximum atomic E-state index is 11.6. The molecule has 1 aliphatic carbocycles. The van der Waals surface area contributed by atoms with Gasteiger partial charge in [0, 0.05) is 45.3 Å². The zero-order chi connectivity index (χ0) is 16.8. The summed E-state index contributed by atoms with van der Waals surface area (Å²) in [6.07, 6.45) is 6.90. The van der Waals surface area contributed by atoms with E-state index >= 15 is 0 Å². The highest BCUT2D eigenvalue weighted by molar-refractivity contribution is 5.79. The van der Waals surface area contributed by atoms with Crippen molar-refractivity contribution in [3.63, 3.8) is 0 Å². The van der Waals surface area contributed by atoms with Crippen molar-refractivity contribution in [3.8, 4) is 0 Å². The van der Waals surface area contributed by atoms with Gasteiger partial charge in [-0.2, -0.15) is 0 Å². The third-order valence-corrected chi connectivity index (χ3v) is 3.52. The quantitative estimate of drug-likeness (QED) is 0.274. The number of carbonyl (C=O) groups excluding carboxylic acids is 1. The lowest BCUT2D eigenvalue weighted by Gasteiger charge is -2.11. The van der Waals surface area contributed by atoms with E-state index in [-0.39, 0.29) is 5.91 Å². The first-order chi connectivity index (χ1) is 11.3. The van der Waals surface area contributed by atoms with E-state index in [1.54, 1.807) is 0 Å². The molecule has 0 aromatic heterocycles. The average Bonchev–Trinajstić information content (AvgIpc) is 3.34. The van der Waals surface area contributed by atoms with Gasteiger partial charge in [0.15, 0.2) is 5.96 Å². The third kappa shape index (κ3) is 11.9. The summed E-state index contributed by atoms with van der Waals surface area (Å²) in [7, 11) is 0. The summed E-state index contributed by atoms with van der Waals surface area (Å²) in [4.78, 5) is 16.1. The Morgan fingerprint density at radius 3 is 2.61 bits per heavy atom. The van der Waals surface area contributed by atoms with E-state index in [0.29, 0.717) is 19.0 Å². The fourth-order valence-electron chi connectivity index (χ4n) is 2.03. The minimum Gasteiger partial charge on any atom is -0.381 e. The van der Waals surface area contributed by atoms with Crippen LogP contribution < -0.4 is 16.0 Å². The topological polar surface area (TPSA) is 74.8 Å². The Balaban J connectivity index is 2.05. The molecule has 23 heavy (non-hydrogen) atoms. The molecular formula is C17H34N4O2. The number of ether oxygens (including phenoxy) is 1. The Hall–Kier alpha value is -1.30. The molecule has 0 spiro atoms. The van der Waals surface area contributed by atoms with Crippen molar-refractivity contribution in [1.29, 1.82) is 0 Å². The largest absolute Gasteiger partial charge is 0.381 e. The van der Waals surface area contributed by atoms with Crippen molar-refractivity contribution in [1.82, 2.24) is 16.0 Å². The number of unbranched alkanes of at least 4 members (excludes halogenated alkanes) is 1. The Morgan fingerprint density at radius 1 is 1.13 bits per heavy atom. The van der Waals surface area contributed by atoms with Crippen LogP contribution in [0.2, 0.25) is 0 Å². The van der Waals surface area contributed by atoms with Crippen molar-refractivity contribution in [3.05, 3.63) is 0 Å². The number of nitrogens with zero attached hydrogens (tertiary/aromatic N) is 1. The Labute approximate surface area is 140 Å². The Kier molecular flexibility index (Phi) is 11.3. The van der Waals surface area contributed by atoms with E-state index in [1.165, 1.54) is 6.42 Å². The number of nitrogens with one attached hydrogen (secondary N) is 3. The van der Waals surface area contributed by atoms with E-state index in [2.05, 4.69) is 27.9 Å². The van der Waals surface area contributed by atoms with E-state index in [4.69, 9.17) is 4.74 Å². The summed E-state index contributed by atoms with van der Waals surface area (Å²) < 4.78 is 5.53. The first kappa shape index (κ1) is 19.7. The van der Waals surface area contributed by atoms with Gasteiger partial charge in [-0.3, -0.25) is 9.79 Å². The number of guanidine groups is 1. The van der Waals surface area contributed by atoms with Gasteiger partial charge >= 0.3 is 0 Å². The van der Waals surface area contributed by atoms with Crippen molar-refractivity contribution < 1.29 is 9.53 Å². The lowest BCUT2D eigenvalue weighted by molar-refractivity contribution is -0.121. The summed E-state index contributed by atoms with van der Waals surface area (Å²) in [5, 5.41) is 9.52. The average molecular weight is 326 g/mol. The highest BCUT2D eigenvalue weighted by atomic mass is 16.5. The fourth-order valence-corrected chi connectivity index (χ4v) is 2.03. The van der Waals surface area contributed by atoms with Gasteiger partial charge in [0.25, 0.3) is 0 Å². The van der Waals surface area contributed by atoms with Gasteiger partial charge < -0.3 is 20.7 Å². The molecule has 0 aliphatic heterocycles. The van der Waals surface area contributed by atoms with Gasteiger partial charge in [0.05, 0.1) is 0 Å². The molecule has 0 aromatic rings. The zero-order valence-electron chi connectivity index (χ0n) is 14.8. The SMILES string of the molecule is CCCCOCCCNC(=NCCCC(=O)NC1CC1)NCC. The van der Waals surface area contributed by atoms with Crippen LogP contribution >= 0.6 is 0 Å². The molecule has 0 atom stereocenters. The van der Waals surface area contributed by atoms with Crippen molar-refractivity contribution >= 4 is 11.9 Å². The maximum absolute atomic E-state index is 11.6. The highest BCUT2D eigenvalue weighted by Gasteiger charge is 2.22. The van der Waals surface area contributed by atoms with Crippen LogP contribution in [0.15, 0.2) is 4.99 Å². The van der Waals surface area contributed by atoms with Crippen LogP contribution in [0.1, 0.15) is 58.8 Å². The van der Waals surface area contributed by atoms with E-state index in [9.17, 15) is 4.79 Å². The molecule has 1 saturated carbocycles. The lowest BCUT2D eigenvalue weighted by Crippen LogP contribution is -2.38. The molecule has 1 fully saturated rings. The van der Waals surface area contributed by atoms with Crippen LogP contribution in [-0.4, -0.2) is 50.8 Å². The van der Waals surface area contributed by atoms with Crippen LogP contribution in [0, 0.1) is 0 Å². The van der Waals surface area contributed by atoms with Crippen molar-refractivity contribution in [2.45, 2.75) is 64.8 Å². The molecule has 0 radical (unpaired) electrons. The first-order valence-corrected chi connectivity index (χ1v) is 9.15. The molecule has 0 heterocycles. The molecule has 3 N–H and O–H groups in total.